The van der Waals surface area contributed by atoms with Gasteiger partial charge in [-0.15, -0.1) is 11.3 Å². The van der Waals surface area contributed by atoms with E-state index in [0.29, 0.717) is 11.1 Å². The maximum Gasteiger partial charge on any atom is 0.305 e. The van der Waals surface area contributed by atoms with Gasteiger partial charge >= 0.3 is 11.9 Å². The Labute approximate surface area is 169 Å². The fourth-order valence-electron chi connectivity index (χ4n) is 2.94. The van der Waals surface area contributed by atoms with Gasteiger partial charge in [-0.3, -0.25) is 19.2 Å². The van der Waals surface area contributed by atoms with Crippen molar-refractivity contribution in [2.45, 2.75) is 12.8 Å². The Bertz CT molecular complexity index is 1120. The summed E-state index contributed by atoms with van der Waals surface area (Å²) in [6, 6.07) is 8.64. The van der Waals surface area contributed by atoms with Gasteiger partial charge in [0.15, 0.2) is 0 Å². The third-order valence-electron chi connectivity index (χ3n) is 4.31. The molecule has 0 aliphatic heterocycles. The van der Waals surface area contributed by atoms with Crippen molar-refractivity contribution in [3.8, 4) is 0 Å². The first-order valence-electron chi connectivity index (χ1n) is 8.81. The van der Waals surface area contributed by atoms with Crippen LogP contribution in [-0.2, 0) is 9.59 Å². The van der Waals surface area contributed by atoms with Crippen LogP contribution < -0.4 is 10.6 Å². The van der Waals surface area contributed by atoms with Crippen LogP contribution in [0.1, 0.15) is 33.6 Å². The summed E-state index contributed by atoms with van der Waals surface area (Å²) in [5.74, 6) is -2.69. The molecule has 0 saturated heterocycles. The molecule has 2 aromatic carbocycles. The van der Waals surface area contributed by atoms with E-state index >= 15 is 0 Å². The minimum absolute atomic E-state index is 0.0362. The van der Waals surface area contributed by atoms with Crippen molar-refractivity contribution < 1.29 is 29.4 Å². The number of carboxylic acids is 2. The molecule has 1 heterocycles. The van der Waals surface area contributed by atoms with E-state index in [1.807, 2.05) is 11.4 Å². The Morgan fingerprint density at radius 3 is 2.14 bits per heavy atom. The van der Waals surface area contributed by atoms with Gasteiger partial charge in [-0.05, 0) is 40.4 Å². The quantitative estimate of drug-likeness (QED) is 0.448. The Hall–Kier alpha value is -3.46. The van der Waals surface area contributed by atoms with Crippen LogP contribution in [0.15, 0.2) is 35.7 Å². The molecule has 0 bridgehead atoms. The summed E-state index contributed by atoms with van der Waals surface area (Å²) in [6.07, 6.45) is -0.318. The first kappa shape index (κ1) is 20.3. The topological polar surface area (TPSA) is 133 Å². The highest BCUT2D eigenvalue weighted by Gasteiger charge is 2.16. The van der Waals surface area contributed by atoms with Gasteiger partial charge in [-0.1, -0.05) is 6.07 Å². The molecule has 0 aliphatic carbocycles. The molecule has 29 heavy (non-hydrogen) atoms. The summed E-state index contributed by atoms with van der Waals surface area (Å²) in [7, 11) is 0. The lowest BCUT2D eigenvalue weighted by molar-refractivity contribution is -0.137. The van der Waals surface area contributed by atoms with E-state index in [1.54, 1.807) is 24.3 Å². The molecular weight excluding hydrogens is 396 g/mol. The molecule has 0 aliphatic rings. The second-order valence-corrected chi connectivity index (χ2v) is 7.24. The predicted molar refractivity (Wildman–Crippen MR) is 109 cm³/mol. The number of thiophene rings is 1. The second-order valence-electron chi connectivity index (χ2n) is 6.32. The highest BCUT2D eigenvalue weighted by atomic mass is 32.1. The van der Waals surface area contributed by atoms with E-state index in [1.165, 1.54) is 11.3 Å². The molecule has 0 radical (unpaired) electrons. The molecule has 3 rings (SSSR count). The van der Waals surface area contributed by atoms with E-state index in [2.05, 4.69) is 10.6 Å². The summed E-state index contributed by atoms with van der Waals surface area (Å²) in [4.78, 5) is 46.0. The van der Waals surface area contributed by atoms with Crippen LogP contribution in [0, 0.1) is 0 Å². The largest absolute Gasteiger partial charge is 0.481 e. The number of nitrogens with one attached hydrogen (secondary N) is 2. The summed E-state index contributed by atoms with van der Waals surface area (Å²) in [5, 5.41) is 26.8. The number of hydrogen-bond acceptors (Lipinski definition) is 5. The summed E-state index contributed by atoms with van der Waals surface area (Å²) < 4.78 is 0.744. The Morgan fingerprint density at radius 2 is 1.48 bits per heavy atom. The fourth-order valence-corrected chi connectivity index (χ4v) is 3.86. The minimum Gasteiger partial charge on any atom is -0.481 e. The average Bonchev–Trinajstić information content (AvgIpc) is 3.16. The lowest BCUT2D eigenvalue weighted by Crippen LogP contribution is -2.26. The fraction of sp³-hybridized carbons (Fsp3) is 0.200. The number of aliphatic carboxylic acids is 2. The standard InChI is InChI=1S/C20H18N2O6S/c23-16(24)3-6-21-19(27)12-2-1-11-9-15(20(28)22-7-4-17(25)26)18-13(5-8-29-18)14(11)10-12/h1-2,5,8-10H,3-4,6-7H2,(H,21,27)(H,22,28)(H,23,24)(H,25,26). The molecule has 8 nitrogen and oxygen atoms in total. The van der Waals surface area contributed by atoms with E-state index < -0.39 is 11.9 Å². The number of rotatable bonds is 8. The van der Waals surface area contributed by atoms with Crippen LogP contribution in [0.25, 0.3) is 20.9 Å². The molecule has 4 N–H and O–H groups in total. The summed E-state index contributed by atoms with van der Waals surface area (Å²) in [6.45, 7) is 0.0735. The maximum atomic E-state index is 12.5. The molecule has 1 aromatic heterocycles. The van der Waals surface area contributed by atoms with E-state index in [9.17, 15) is 19.2 Å². The average molecular weight is 414 g/mol. The summed E-state index contributed by atoms with van der Waals surface area (Å²) >= 11 is 1.39. The smallest absolute Gasteiger partial charge is 0.305 e. The highest BCUT2D eigenvalue weighted by molar-refractivity contribution is 7.17. The van der Waals surface area contributed by atoms with Gasteiger partial charge in [-0.2, -0.15) is 0 Å². The van der Waals surface area contributed by atoms with Gasteiger partial charge < -0.3 is 20.8 Å². The van der Waals surface area contributed by atoms with Crippen LogP contribution in [0.2, 0.25) is 0 Å². The van der Waals surface area contributed by atoms with Crippen molar-refractivity contribution >= 4 is 55.9 Å². The summed E-state index contributed by atoms with van der Waals surface area (Å²) in [5.41, 5.74) is 0.848. The lowest BCUT2D eigenvalue weighted by atomic mass is 10.00. The molecular formula is C20H18N2O6S. The van der Waals surface area contributed by atoms with E-state index in [-0.39, 0.29) is 37.7 Å². The minimum atomic E-state index is -0.988. The first-order chi connectivity index (χ1) is 13.9. The molecule has 0 saturated carbocycles. The highest BCUT2D eigenvalue weighted by Crippen LogP contribution is 2.33. The lowest BCUT2D eigenvalue weighted by Gasteiger charge is -2.10. The van der Waals surface area contributed by atoms with Crippen LogP contribution >= 0.6 is 11.3 Å². The number of amides is 2. The van der Waals surface area contributed by atoms with Crippen LogP contribution in [0.3, 0.4) is 0 Å². The van der Waals surface area contributed by atoms with Crippen molar-refractivity contribution in [3.05, 3.63) is 46.8 Å². The molecule has 3 aromatic rings. The van der Waals surface area contributed by atoms with Crippen molar-refractivity contribution in [1.29, 1.82) is 0 Å². The van der Waals surface area contributed by atoms with Crippen LogP contribution in [0.4, 0.5) is 0 Å². The second kappa shape index (κ2) is 8.70. The molecule has 0 atom stereocenters. The van der Waals surface area contributed by atoms with Gasteiger partial charge in [-0.25, -0.2) is 0 Å². The zero-order chi connectivity index (χ0) is 21.0. The number of carbonyl (C=O) groups is 4. The van der Waals surface area contributed by atoms with Gasteiger partial charge in [0.1, 0.15) is 0 Å². The van der Waals surface area contributed by atoms with Crippen molar-refractivity contribution in [2.75, 3.05) is 13.1 Å². The number of fused-ring (bicyclic) bond motifs is 3. The predicted octanol–water partition coefficient (Wildman–Crippen LogP) is 2.46. The first-order valence-corrected chi connectivity index (χ1v) is 9.68. The number of benzene rings is 2. The number of carboxylic acid groups (broad SMARTS) is 2. The third-order valence-corrected chi connectivity index (χ3v) is 5.26. The number of carbonyl (C=O) groups excluding carboxylic acids is 2. The Kier molecular flexibility index (Phi) is 6.08. The van der Waals surface area contributed by atoms with Gasteiger partial charge in [0.25, 0.3) is 11.8 Å². The molecule has 0 unspecified atom stereocenters. The van der Waals surface area contributed by atoms with Gasteiger partial charge in [0.05, 0.1) is 18.4 Å². The van der Waals surface area contributed by atoms with Crippen molar-refractivity contribution in [3.63, 3.8) is 0 Å². The van der Waals surface area contributed by atoms with Crippen molar-refractivity contribution in [2.24, 2.45) is 0 Å². The van der Waals surface area contributed by atoms with Gasteiger partial charge in [0, 0.05) is 28.7 Å². The molecule has 150 valence electrons. The molecule has 0 fully saturated rings. The Morgan fingerprint density at radius 1 is 0.828 bits per heavy atom. The van der Waals surface area contributed by atoms with Crippen LogP contribution in [0.5, 0.6) is 0 Å². The van der Waals surface area contributed by atoms with Crippen LogP contribution in [-0.4, -0.2) is 47.1 Å². The van der Waals surface area contributed by atoms with E-state index in [4.69, 9.17) is 10.2 Å². The molecule has 0 spiro atoms. The normalized spacial score (nSPS) is 10.8. The zero-order valence-electron chi connectivity index (χ0n) is 15.2. The van der Waals surface area contributed by atoms with Gasteiger partial charge in [0.2, 0.25) is 0 Å². The monoisotopic (exact) mass is 414 g/mol. The molecule has 2 amide bonds. The van der Waals surface area contributed by atoms with Crippen molar-refractivity contribution in [1.82, 2.24) is 10.6 Å². The Balaban J connectivity index is 1.90. The third kappa shape index (κ3) is 4.69. The van der Waals surface area contributed by atoms with E-state index in [0.717, 1.165) is 20.9 Å². The number of hydrogen-bond donors (Lipinski definition) is 4. The maximum absolute atomic E-state index is 12.5. The SMILES string of the molecule is O=C(O)CCNC(=O)c1ccc2cc(C(=O)NCCC(=O)O)c3sccc3c2c1. The molecule has 9 heteroatoms. The zero-order valence-corrected chi connectivity index (χ0v) is 16.0.